The van der Waals surface area contributed by atoms with E-state index in [1.807, 2.05) is 19.9 Å². The second kappa shape index (κ2) is 7.37. The number of halogens is 1. The Morgan fingerprint density at radius 2 is 1.85 bits per heavy atom. The first-order valence-electron chi connectivity index (χ1n) is 7.70. The van der Waals surface area contributed by atoms with Crippen molar-refractivity contribution < 1.29 is 9.66 Å². The van der Waals surface area contributed by atoms with Gasteiger partial charge in [0.25, 0.3) is 0 Å². The molecule has 0 radical (unpaired) electrons. The summed E-state index contributed by atoms with van der Waals surface area (Å²) in [7, 11) is 0. The topological polar surface area (TPSA) is 90.2 Å². The maximum absolute atomic E-state index is 11.6. The third-order valence-corrected chi connectivity index (χ3v) is 3.70. The summed E-state index contributed by atoms with van der Waals surface area (Å²) < 4.78 is 5.68. The van der Waals surface area contributed by atoms with Gasteiger partial charge in [-0.15, -0.1) is 0 Å². The third-order valence-electron chi connectivity index (χ3n) is 3.47. The predicted octanol–water partition coefficient (Wildman–Crippen LogP) is 5.19. The summed E-state index contributed by atoms with van der Waals surface area (Å²) in [6.07, 6.45) is 1.21. The Morgan fingerprint density at radius 1 is 1.12 bits per heavy atom. The SMILES string of the molecule is Cc1cc(C)cc(Oc2ncnc(Nc3cccc(Cl)c3)c2[N+](=O)[O-])c1. The van der Waals surface area contributed by atoms with E-state index in [0.29, 0.717) is 16.5 Å². The van der Waals surface area contributed by atoms with Gasteiger partial charge in [-0.25, -0.2) is 4.98 Å². The van der Waals surface area contributed by atoms with Crippen LogP contribution in [0, 0.1) is 24.0 Å². The van der Waals surface area contributed by atoms with Crippen molar-refractivity contribution in [2.75, 3.05) is 5.32 Å². The van der Waals surface area contributed by atoms with Crippen LogP contribution in [0.3, 0.4) is 0 Å². The summed E-state index contributed by atoms with van der Waals surface area (Å²) in [6, 6.07) is 12.3. The predicted molar refractivity (Wildman–Crippen MR) is 99.4 cm³/mol. The van der Waals surface area contributed by atoms with Crippen LogP contribution < -0.4 is 10.1 Å². The lowest BCUT2D eigenvalue weighted by molar-refractivity contribution is -0.385. The maximum atomic E-state index is 11.6. The van der Waals surface area contributed by atoms with Crippen LogP contribution in [-0.2, 0) is 0 Å². The molecule has 1 heterocycles. The highest BCUT2D eigenvalue weighted by Crippen LogP contribution is 2.36. The Balaban J connectivity index is 1.99. The lowest BCUT2D eigenvalue weighted by Gasteiger charge is -2.10. The number of aromatic nitrogens is 2. The average molecular weight is 371 g/mol. The Kier molecular flexibility index (Phi) is 4.99. The van der Waals surface area contributed by atoms with E-state index in [2.05, 4.69) is 15.3 Å². The molecule has 0 aliphatic rings. The molecular formula is C18H15ClN4O3. The molecule has 1 N–H and O–H groups in total. The summed E-state index contributed by atoms with van der Waals surface area (Å²) in [6.45, 7) is 3.83. The van der Waals surface area contributed by atoms with Crippen molar-refractivity contribution in [1.82, 2.24) is 9.97 Å². The number of rotatable bonds is 5. The molecular weight excluding hydrogens is 356 g/mol. The Bertz CT molecular complexity index is 958. The van der Waals surface area contributed by atoms with E-state index in [9.17, 15) is 10.1 Å². The molecule has 132 valence electrons. The number of aryl methyl sites for hydroxylation is 2. The molecule has 0 saturated carbocycles. The molecule has 7 nitrogen and oxygen atoms in total. The molecule has 0 bridgehead atoms. The number of benzene rings is 2. The van der Waals surface area contributed by atoms with Crippen molar-refractivity contribution in [3.63, 3.8) is 0 Å². The zero-order valence-electron chi connectivity index (χ0n) is 14.1. The Labute approximate surface area is 154 Å². The smallest absolute Gasteiger partial charge is 0.373 e. The molecule has 0 amide bonds. The molecule has 0 unspecified atom stereocenters. The van der Waals surface area contributed by atoms with Crippen LogP contribution in [0.25, 0.3) is 0 Å². The van der Waals surface area contributed by atoms with Gasteiger partial charge >= 0.3 is 11.6 Å². The molecule has 2 aromatic carbocycles. The highest BCUT2D eigenvalue weighted by atomic mass is 35.5. The number of hydrogen-bond donors (Lipinski definition) is 1. The molecule has 8 heteroatoms. The van der Waals surface area contributed by atoms with Crippen LogP contribution in [0.1, 0.15) is 11.1 Å². The van der Waals surface area contributed by atoms with Gasteiger partial charge in [-0.3, -0.25) is 10.1 Å². The first kappa shape index (κ1) is 17.6. The van der Waals surface area contributed by atoms with Gasteiger partial charge in [0.1, 0.15) is 12.1 Å². The maximum Gasteiger partial charge on any atom is 0.373 e. The van der Waals surface area contributed by atoms with Crippen LogP contribution in [0.5, 0.6) is 11.6 Å². The zero-order valence-corrected chi connectivity index (χ0v) is 14.8. The van der Waals surface area contributed by atoms with E-state index in [-0.39, 0.29) is 17.4 Å². The second-order valence-corrected chi connectivity index (χ2v) is 6.13. The van der Waals surface area contributed by atoms with Gasteiger partial charge < -0.3 is 10.1 Å². The fourth-order valence-electron chi connectivity index (χ4n) is 2.50. The minimum absolute atomic E-state index is 0.0200. The van der Waals surface area contributed by atoms with E-state index < -0.39 is 4.92 Å². The van der Waals surface area contributed by atoms with Crippen molar-refractivity contribution in [1.29, 1.82) is 0 Å². The van der Waals surface area contributed by atoms with Gasteiger partial charge in [0.2, 0.25) is 5.82 Å². The number of nitro groups is 1. The molecule has 0 fully saturated rings. The number of nitrogens with one attached hydrogen (secondary N) is 1. The summed E-state index contributed by atoms with van der Waals surface area (Å²) in [5, 5.41) is 15.0. The van der Waals surface area contributed by atoms with Crippen molar-refractivity contribution >= 4 is 28.8 Å². The minimum Gasteiger partial charge on any atom is -0.434 e. The van der Waals surface area contributed by atoms with Crippen LogP contribution in [0.4, 0.5) is 17.2 Å². The van der Waals surface area contributed by atoms with Crippen LogP contribution in [0.2, 0.25) is 5.02 Å². The fraction of sp³-hybridized carbons (Fsp3) is 0.111. The number of nitrogens with zero attached hydrogens (tertiary/aromatic N) is 3. The molecule has 0 atom stereocenters. The van der Waals surface area contributed by atoms with E-state index in [4.69, 9.17) is 16.3 Å². The Morgan fingerprint density at radius 3 is 2.50 bits per heavy atom. The highest BCUT2D eigenvalue weighted by Gasteiger charge is 2.25. The van der Waals surface area contributed by atoms with Crippen molar-refractivity contribution in [3.8, 4) is 11.6 Å². The third kappa shape index (κ3) is 4.07. The number of anilines is 2. The molecule has 0 aliphatic heterocycles. The fourth-order valence-corrected chi connectivity index (χ4v) is 2.69. The molecule has 0 saturated heterocycles. The molecule has 1 aromatic heterocycles. The van der Waals surface area contributed by atoms with Gasteiger partial charge in [0.15, 0.2) is 0 Å². The average Bonchev–Trinajstić information content (AvgIpc) is 2.53. The molecule has 26 heavy (non-hydrogen) atoms. The Hall–Kier alpha value is -3.19. The monoisotopic (exact) mass is 370 g/mol. The minimum atomic E-state index is -0.579. The summed E-state index contributed by atoms with van der Waals surface area (Å²) in [5.74, 6) is 0.351. The summed E-state index contributed by atoms with van der Waals surface area (Å²) in [4.78, 5) is 18.9. The van der Waals surface area contributed by atoms with Crippen LogP contribution in [0.15, 0.2) is 48.8 Å². The van der Waals surface area contributed by atoms with Gasteiger partial charge in [-0.2, -0.15) is 4.98 Å². The molecule has 0 spiro atoms. The van der Waals surface area contributed by atoms with Crippen molar-refractivity contribution in [3.05, 3.63) is 75.1 Å². The van der Waals surface area contributed by atoms with Gasteiger partial charge in [0.05, 0.1) is 4.92 Å². The molecule has 3 rings (SSSR count). The first-order valence-corrected chi connectivity index (χ1v) is 8.08. The zero-order chi connectivity index (χ0) is 18.7. The molecule has 3 aromatic rings. The quantitative estimate of drug-likeness (QED) is 0.491. The number of ether oxygens (including phenoxy) is 1. The van der Waals surface area contributed by atoms with Crippen LogP contribution >= 0.6 is 11.6 Å². The molecule has 0 aliphatic carbocycles. The van der Waals surface area contributed by atoms with Gasteiger partial charge in [-0.05, 0) is 55.3 Å². The second-order valence-electron chi connectivity index (χ2n) is 5.69. The van der Waals surface area contributed by atoms with Gasteiger partial charge in [0, 0.05) is 10.7 Å². The summed E-state index contributed by atoms with van der Waals surface area (Å²) in [5.41, 5.74) is 2.17. The lowest BCUT2D eigenvalue weighted by atomic mass is 10.1. The van der Waals surface area contributed by atoms with E-state index in [0.717, 1.165) is 11.1 Å². The summed E-state index contributed by atoms with van der Waals surface area (Å²) >= 11 is 5.95. The standard InChI is InChI=1S/C18H15ClN4O3/c1-11-6-12(2)8-15(7-11)26-18-16(23(24)25)17(20-10-21-18)22-14-5-3-4-13(19)9-14/h3-10H,1-2H3,(H,20,21,22). The van der Waals surface area contributed by atoms with Crippen molar-refractivity contribution in [2.24, 2.45) is 0 Å². The van der Waals surface area contributed by atoms with E-state index >= 15 is 0 Å². The van der Waals surface area contributed by atoms with E-state index in [1.165, 1.54) is 6.33 Å². The number of hydrogen-bond acceptors (Lipinski definition) is 6. The largest absolute Gasteiger partial charge is 0.434 e. The van der Waals surface area contributed by atoms with Crippen molar-refractivity contribution in [2.45, 2.75) is 13.8 Å². The first-order chi connectivity index (χ1) is 12.4. The van der Waals surface area contributed by atoms with Gasteiger partial charge in [-0.1, -0.05) is 23.7 Å². The normalized spacial score (nSPS) is 10.4. The van der Waals surface area contributed by atoms with E-state index in [1.54, 1.807) is 36.4 Å². The highest BCUT2D eigenvalue weighted by molar-refractivity contribution is 6.30. The van der Waals surface area contributed by atoms with Crippen LogP contribution in [-0.4, -0.2) is 14.9 Å². The lowest BCUT2D eigenvalue weighted by Crippen LogP contribution is -2.03.